The highest BCUT2D eigenvalue weighted by Gasteiger charge is 2.37. The van der Waals surface area contributed by atoms with Gasteiger partial charge in [-0.25, -0.2) is 0 Å². The van der Waals surface area contributed by atoms with Crippen LogP contribution in [0.3, 0.4) is 0 Å². The molecule has 1 N–H and O–H groups in total. The third-order valence-electron chi connectivity index (χ3n) is 3.59. The Balaban J connectivity index is 2.23. The summed E-state index contributed by atoms with van der Waals surface area (Å²) in [5, 5.41) is 9.42. The molecule has 1 fully saturated rings. The van der Waals surface area contributed by atoms with Gasteiger partial charge in [-0.2, -0.15) is 0 Å². The van der Waals surface area contributed by atoms with Crippen molar-refractivity contribution in [1.29, 1.82) is 0 Å². The van der Waals surface area contributed by atoms with E-state index in [1.165, 1.54) is 17.5 Å². The molecule has 0 atom stereocenters. The van der Waals surface area contributed by atoms with Crippen molar-refractivity contribution in [1.82, 2.24) is 0 Å². The molecule has 1 nitrogen and oxygen atoms in total. The number of aliphatic hydroxyl groups excluding tert-OH is 1. The average Bonchev–Trinajstić information content (AvgIpc) is 2.18. The van der Waals surface area contributed by atoms with Crippen molar-refractivity contribution in [3.63, 3.8) is 0 Å². The molecule has 0 bridgehead atoms. The lowest BCUT2D eigenvalue weighted by molar-refractivity contribution is 0.120. The van der Waals surface area contributed by atoms with Crippen LogP contribution < -0.4 is 0 Å². The fourth-order valence-corrected chi connectivity index (χ4v) is 2.24. The van der Waals surface area contributed by atoms with Crippen molar-refractivity contribution in [3.8, 4) is 0 Å². The van der Waals surface area contributed by atoms with Gasteiger partial charge in [0.2, 0.25) is 0 Å². The van der Waals surface area contributed by atoms with Crippen LogP contribution in [-0.4, -0.2) is 11.7 Å². The lowest BCUT2D eigenvalue weighted by Crippen LogP contribution is -2.37. The van der Waals surface area contributed by atoms with Gasteiger partial charge in [0.05, 0.1) is 6.61 Å². The first-order valence-electron chi connectivity index (χ1n) is 5.51. The van der Waals surface area contributed by atoms with Gasteiger partial charge in [0.25, 0.3) is 0 Å². The summed E-state index contributed by atoms with van der Waals surface area (Å²) in [7, 11) is 0. The molecule has 0 spiro atoms. The molecule has 1 aliphatic carbocycles. The zero-order chi connectivity index (χ0) is 10.0. The molecule has 0 aliphatic heterocycles. The van der Waals surface area contributed by atoms with E-state index in [0.717, 1.165) is 19.3 Å². The van der Waals surface area contributed by atoms with Gasteiger partial charge < -0.3 is 5.11 Å². The monoisotopic (exact) mass is 190 g/mol. The first-order valence-corrected chi connectivity index (χ1v) is 5.51. The van der Waals surface area contributed by atoms with Gasteiger partial charge in [0, 0.05) is 5.41 Å². The van der Waals surface area contributed by atoms with Crippen LogP contribution in [0.2, 0.25) is 0 Å². The molecular formula is C13H18O. The van der Waals surface area contributed by atoms with Crippen molar-refractivity contribution in [2.24, 2.45) is 0 Å². The number of rotatable bonds is 3. The smallest absolute Gasteiger partial charge is 0.0527 e. The number of hydrogen-bond acceptors (Lipinski definition) is 1. The molecule has 0 radical (unpaired) electrons. The molecular weight excluding hydrogens is 172 g/mol. The largest absolute Gasteiger partial charge is 0.395 e. The molecule has 0 aromatic heterocycles. The Morgan fingerprint density at radius 2 is 1.86 bits per heavy atom. The summed E-state index contributed by atoms with van der Waals surface area (Å²) < 4.78 is 0. The van der Waals surface area contributed by atoms with E-state index >= 15 is 0 Å². The van der Waals surface area contributed by atoms with Crippen molar-refractivity contribution >= 4 is 0 Å². The van der Waals surface area contributed by atoms with Crippen molar-refractivity contribution in [2.75, 3.05) is 6.61 Å². The van der Waals surface area contributed by atoms with Crippen LogP contribution >= 0.6 is 0 Å². The summed E-state index contributed by atoms with van der Waals surface area (Å²) in [6, 6.07) is 8.75. The van der Waals surface area contributed by atoms with E-state index in [1.54, 1.807) is 0 Å². The van der Waals surface area contributed by atoms with E-state index in [4.69, 9.17) is 0 Å². The predicted octanol–water partition coefficient (Wildman–Crippen LogP) is 2.66. The second kappa shape index (κ2) is 3.74. The molecule has 14 heavy (non-hydrogen) atoms. The summed E-state index contributed by atoms with van der Waals surface area (Å²) in [5.74, 6) is 0. The van der Waals surface area contributed by atoms with Crippen molar-refractivity contribution < 1.29 is 5.11 Å². The zero-order valence-corrected chi connectivity index (χ0v) is 8.79. The molecule has 2 rings (SSSR count). The average molecular weight is 190 g/mol. The lowest BCUT2D eigenvalue weighted by Gasteiger charge is -2.40. The third-order valence-corrected chi connectivity index (χ3v) is 3.59. The Morgan fingerprint density at radius 3 is 2.21 bits per heavy atom. The molecule has 76 valence electrons. The highest BCUT2D eigenvalue weighted by molar-refractivity contribution is 5.31. The maximum atomic E-state index is 9.42. The van der Waals surface area contributed by atoms with Crippen LogP contribution in [0, 0.1) is 0 Å². The number of benzene rings is 1. The lowest BCUT2D eigenvalue weighted by atomic mass is 9.65. The van der Waals surface area contributed by atoms with Crippen LogP contribution in [0.5, 0.6) is 0 Å². The summed E-state index contributed by atoms with van der Waals surface area (Å²) in [6.45, 7) is 2.47. The van der Waals surface area contributed by atoms with Crippen molar-refractivity contribution in [2.45, 2.75) is 38.0 Å². The van der Waals surface area contributed by atoms with Crippen LogP contribution in [0.1, 0.15) is 37.3 Å². The Hall–Kier alpha value is -0.820. The molecule has 0 unspecified atom stereocenters. The van der Waals surface area contributed by atoms with Gasteiger partial charge >= 0.3 is 0 Å². The molecule has 1 heteroatoms. The molecule has 1 saturated carbocycles. The first-order chi connectivity index (χ1) is 6.80. The van der Waals surface area contributed by atoms with E-state index in [9.17, 15) is 5.11 Å². The Kier molecular flexibility index (Phi) is 2.60. The zero-order valence-electron chi connectivity index (χ0n) is 8.79. The highest BCUT2D eigenvalue weighted by atomic mass is 16.3. The Bertz CT molecular complexity index is 290. The fourth-order valence-electron chi connectivity index (χ4n) is 2.24. The molecule has 0 amide bonds. The molecule has 1 aromatic rings. The molecule has 1 aliphatic rings. The number of aliphatic hydroxyl groups is 1. The van der Waals surface area contributed by atoms with Crippen LogP contribution in [0.15, 0.2) is 24.3 Å². The van der Waals surface area contributed by atoms with E-state index in [0.29, 0.717) is 6.61 Å². The maximum absolute atomic E-state index is 9.42. The van der Waals surface area contributed by atoms with Gasteiger partial charge in [-0.05, 0) is 30.4 Å². The second-order valence-electron chi connectivity index (χ2n) is 4.34. The minimum atomic E-state index is 0.103. The van der Waals surface area contributed by atoms with E-state index < -0.39 is 0 Å². The third kappa shape index (κ3) is 1.46. The molecule has 0 heterocycles. The van der Waals surface area contributed by atoms with Gasteiger partial charge in [0.15, 0.2) is 0 Å². The second-order valence-corrected chi connectivity index (χ2v) is 4.34. The van der Waals surface area contributed by atoms with Gasteiger partial charge in [0.1, 0.15) is 0 Å². The maximum Gasteiger partial charge on any atom is 0.0527 e. The van der Waals surface area contributed by atoms with Crippen molar-refractivity contribution in [3.05, 3.63) is 35.4 Å². The topological polar surface area (TPSA) is 20.2 Å². The summed E-state index contributed by atoms with van der Waals surface area (Å²) >= 11 is 0. The summed E-state index contributed by atoms with van der Waals surface area (Å²) in [6.07, 6.45) is 4.65. The Labute approximate surface area is 85.8 Å². The van der Waals surface area contributed by atoms with Gasteiger partial charge in [-0.1, -0.05) is 37.6 Å². The highest BCUT2D eigenvalue weighted by Crippen LogP contribution is 2.43. The quantitative estimate of drug-likeness (QED) is 0.777. The van der Waals surface area contributed by atoms with Gasteiger partial charge in [-0.15, -0.1) is 0 Å². The standard InChI is InChI=1S/C13H18O/c1-2-11-4-6-12(7-5-11)13(10-14)8-3-9-13/h4-7,14H,2-3,8-10H2,1H3. The number of aryl methyl sites for hydroxylation is 1. The summed E-state index contributed by atoms with van der Waals surface area (Å²) in [4.78, 5) is 0. The minimum Gasteiger partial charge on any atom is -0.395 e. The van der Waals surface area contributed by atoms with Crippen LogP contribution in [0.4, 0.5) is 0 Å². The predicted molar refractivity (Wildman–Crippen MR) is 58.4 cm³/mol. The molecule has 0 saturated heterocycles. The first kappa shape index (κ1) is 9.72. The fraction of sp³-hybridized carbons (Fsp3) is 0.538. The Morgan fingerprint density at radius 1 is 1.21 bits per heavy atom. The van der Waals surface area contributed by atoms with Crippen LogP contribution in [-0.2, 0) is 11.8 Å². The van der Waals surface area contributed by atoms with E-state index in [2.05, 4.69) is 31.2 Å². The summed E-state index contributed by atoms with van der Waals surface area (Å²) in [5.41, 5.74) is 2.80. The van der Waals surface area contributed by atoms with Gasteiger partial charge in [-0.3, -0.25) is 0 Å². The van der Waals surface area contributed by atoms with Crippen LogP contribution in [0.25, 0.3) is 0 Å². The SMILES string of the molecule is CCc1ccc(C2(CO)CCC2)cc1. The number of hydrogen-bond donors (Lipinski definition) is 1. The van der Waals surface area contributed by atoms with E-state index in [1.807, 2.05) is 0 Å². The molecule has 1 aromatic carbocycles. The normalized spacial score (nSPS) is 19.0. The minimum absolute atomic E-state index is 0.103. The van der Waals surface area contributed by atoms with E-state index in [-0.39, 0.29) is 5.41 Å².